The summed E-state index contributed by atoms with van der Waals surface area (Å²) >= 11 is 1.52. The number of nitrogens with zero attached hydrogens (tertiary/aromatic N) is 3. The molecule has 128 valence electrons. The Balaban J connectivity index is 1.70. The number of rotatable bonds is 2. The highest BCUT2D eigenvalue weighted by atomic mass is 32.1. The third-order valence-electron chi connectivity index (χ3n) is 4.94. The number of hydrogen-bond acceptors (Lipinski definition) is 4. The minimum Gasteiger partial charge on any atom is -0.307 e. The van der Waals surface area contributed by atoms with Gasteiger partial charge in [-0.2, -0.15) is 0 Å². The van der Waals surface area contributed by atoms with Gasteiger partial charge in [-0.25, -0.2) is 4.98 Å². The first-order chi connectivity index (χ1) is 12.0. The van der Waals surface area contributed by atoms with Gasteiger partial charge in [0, 0.05) is 16.6 Å². The second-order valence-electron chi connectivity index (χ2n) is 6.59. The summed E-state index contributed by atoms with van der Waals surface area (Å²) in [6, 6.07) is 8.05. The standard InChI is InChI=1S/C19H19N3O2S/c1-11-8-14-6-4-5-7-15(14)22(11)16(23)9-21-10-20-18-17(19(21)24)12(2)13(3)25-18/h4-7,10-11H,8-9H2,1-3H3. The number of anilines is 1. The van der Waals surface area contributed by atoms with Gasteiger partial charge in [-0.3, -0.25) is 14.2 Å². The van der Waals surface area contributed by atoms with E-state index < -0.39 is 0 Å². The molecule has 1 aliphatic heterocycles. The Labute approximate surface area is 149 Å². The van der Waals surface area contributed by atoms with Crippen LogP contribution in [0.1, 0.15) is 22.9 Å². The van der Waals surface area contributed by atoms with Crippen LogP contribution in [0.5, 0.6) is 0 Å². The summed E-state index contributed by atoms with van der Waals surface area (Å²) < 4.78 is 1.43. The van der Waals surface area contributed by atoms with Crippen LogP contribution in [0.15, 0.2) is 35.4 Å². The summed E-state index contributed by atoms with van der Waals surface area (Å²) in [5.74, 6) is -0.0784. The lowest BCUT2D eigenvalue weighted by Gasteiger charge is -2.23. The summed E-state index contributed by atoms with van der Waals surface area (Å²) in [4.78, 5) is 33.7. The van der Waals surface area contributed by atoms with Gasteiger partial charge in [-0.15, -0.1) is 11.3 Å². The zero-order valence-electron chi connectivity index (χ0n) is 14.4. The average Bonchev–Trinajstić information content (AvgIpc) is 3.06. The Morgan fingerprint density at radius 2 is 2.08 bits per heavy atom. The van der Waals surface area contributed by atoms with Crippen LogP contribution in [-0.4, -0.2) is 21.5 Å². The molecule has 25 heavy (non-hydrogen) atoms. The minimum absolute atomic E-state index is 0.00871. The normalized spacial score (nSPS) is 16.4. The number of amides is 1. The molecule has 6 heteroatoms. The zero-order valence-corrected chi connectivity index (χ0v) is 15.3. The van der Waals surface area contributed by atoms with Crippen LogP contribution in [0.3, 0.4) is 0 Å². The number of benzene rings is 1. The lowest BCUT2D eigenvalue weighted by Crippen LogP contribution is -2.40. The number of carbonyl (C=O) groups excluding carboxylic acids is 1. The van der Waals surface area contributed by atoms with E-state index in [1.165, 1.54) is 27.8 Å². The maximum Gasteiger partial charge on any atom is 0.262 e. The minimum atomic E-state index is -0.139. The van der Waals surface area contributed by atoms with Gasteiger partial charge in [0.15, 0.2) is 0 Å². The highest BCUT2D eigenvalue weighted by molar-refractivity contribution is 7.18. The SMILES string of the molecule is Cc1sc2ncn(CC(=O)N3c4ccccc4CC3C)c(=O)c2c1C. The second-order valence-corrected chi connectivity index (χ2v) is 7.79. The summed E-state index contributed by atoms with van der Waals surface area (Å²) in [6.45, 7) is 5.96. The summed E-state index contributed by atoms with van der Waals surface area (Å²) in [7, 11) is 0. The fourth-order valence-corrected chi connectivity index (χ4v) is 4.54. The summed E-state index contributed by atoms with van der Waals surface area (Å²) in [5.41, 5.74) is 2.94. The monoisotopic (exact) mass is 353 g/mol. The molecule has 1 atom stereocenters. The number of carbonyl (C=O) groups is 1. The molecular formula is C19H19N3O2S. The lowest BCUT2D eigenvalue weighted by atomic mass is 10.1. The molecule has 1 aromatic carbocycles. The number of aryl methyl sites for hydroxylation is 2. The summed E-state index contributed by atoms with van der Waals surface area (Å²) in [5, 5.41) is 0.632. The highest BCUT2D eigenvalue weighted by Crippen LogP contribution is 2.32. The molecule has 0 aliphatic carbocycles. The number of para-hydroxylation sites is 1. The van der Waals surface area contributed by atoms with Crippen molar-refractivity contribution in [2.24, 2.45) is 0 Å². The van der Waals surface area contributed by atoms with E-state index in [2.05, 4.69) is 11.1 Å². The average molecular weight is 353 g/mol. The fraction of sp³-hybridized carbons (Fsp3) is 0.316. The Morgan fingerprint density at radius 1 is 1.32 bits per heavy atom. The van der Waals surface area contributed by atoms with E-state index in [1.54, 1.807) is 4.90 Å². The molecule has 4 rings (SSSR count). The predicted octanol–water partition coefficient (Wildman–Crippen LogP) is 3.05. The van der Waals surface area contributed by atoms with Crippen molar-refractivity contribution in [1.82, 2.24) is 9.55 Å². The van der Waals surface area contributed by atoms with Crippen LogP contribution in [-0.2, 0) is 17.8 Å². The molecule has 0 N–H and O–H groups in total. The maximum atomic E-state index is 12.9. The smallest absolute Gasteiger partial charge is 0.262 e. The summed E-state index contributed by atoms with van der Waals surface area (Å²) in [6.07, 6.45) is 2.33. The van der Waals surface area contributed by atoms with Crippen LogP contribution in [0.2, 0.25) is 0 Å². The van der Waals surface area contributed by atoms with E-state index in [4.69, 9.17) is 0 Å². The van der Waals surface area contributed by atoms with Crippen molar-refractivity contribution >= 4 is 33.1 Å². The van der Waals surface area contributed by atoms with Gasteiger partial charge >= 0.3 is 0 Å². The molecular weight excluding hydrogens is 334 g/mol. The Hall–Kier alpha value is -2.47. The van der Waals surface area contributed by atoms with Crippen molar-refractivity contribution in [3.05, 3.63) is 57.0 Å². The molecule has 2 aromatic heterocycles. The molecule has 0 spiro atoms. The van der Waals surface area contributed by atoms with E-state index >= 15 is 0 Å². The first-order valence-corrected chi connectivity index (χ1v) is 9.14. The van der Waals surface area contributed by atoms with Crippen LogP contribution in [0, 0.1) is 13.8 Å². The molecule has 1 unspecified atom stereocenters. The maximum absolute atomic E-state index is 12.9. The van der Waals surface area contributed by atoms with Gasteiger partial charge in [0.05, 0.1) is 11.7 Å². The highest BCUT2D eigenvalue weighted by Gasteiger charge is 2.30. The van der Waals surface area contributed by atoms with Crippen LogP contribution >= 0.6 is 11.3 Å². The Bertz CT molecular complexity index is 1050. The number of fused-ring (bicyclic) bond motifs is 2. The topological polar surface area (TPSA) is 55.2 Å². The Morgan fingerprint density at radius 3 is 2.88 bits per heavy atom. The molecule has 0 fully saturated rings. The van der Waals surface area contributed by atoms with Crippen LogP contribution < -0.4 is 10.5 Å². The van der Waals surface area contributed by atoms with Gasteiger partial charge in [-0.1, -0.05) is 18.2 Å². The van der Waals surface area contributed by atoms with Gasteiger partial charge in [0.1, 0.15) is 11.4 Å². The van der Waals surface area contributed by atoms with Crippen molar-refractivity contribution in [2.45, 2.75) is 39.8 Å². The van der Waals surface area contributed by atoms with Gasteiger partial charge in [-0.05, 0) is 44.4 Å². The van der Waals surface area contributed by atoms with Crippen molar-refractivity contribution in [3.8, 4) is 0 Å². The zero-order chi connectivity index (χ0) is 17.7. The van der Waals surface area contributed by atoms with Crippen molar-refractivity contribution in [3.63, 3.8) is 0 Å². The van der Waals surface area contributed by atoms with E-state index in [-0.39, 0.29) is 24.1 Å². The third-order valence-corrected chi connectivity index (χ3v) is 6.05. The first-order valence-electron chi connectivity index (χ1n) is 8.32. The fourth-order valence-electron chi connectivity index (χ4n) is 3.55. The molecule has 0 saturated heterocycles. The Kier molecular flexibility index (Phi) is 3.72. The molecule has 3 heterocycles. The van der Waals surface area contributed by atoms with Crippen molar-refractivity contribution in [1.29, 1.82) is 0 Å². The van der Waals surface area contributed by atoms with Crippen LogP contribution in [0.4, 0.5) is 5.69 Å². The molecule has 3 aromatic rings. The number of thiophene rings is 1. The molecule has 0 bridgehead atoms. The van der Waals surface area contributed by atoms with E-state index in [0.29, 0.717) is 5.39 Å². The molecule has 5 nitrogen and oxygen atoms in total. The molecule has 1 amide bonds. The molecule has 0 radical (unpaired) electrons. The molecule has 0 saturated carbocycles. The van der Waals surface area contributed by atoms with Crippen LogP contribution in [0.25, 0.3) is 10.2 Å². The van der Waals surface area contributed by atoms with Gasteiger partial charge in [0.25, 0.3) is 5.56 Å². The number of hydrogen-bond donors (Lipinski definition) is 0. The lowest BCUT2D eigenvalue weighted by molar-refractivity contribution is -0.119. The second kappa shape index (κ2) is 5.81. The largest absolute Gasteiger partial charge is 0.307 e. The van der Waals surface area contributed by atoms with E-state index in [9.17, 15) is 9.59 Å². The van der Waals surface area contributed by atoms with E-state index in [1.807, 2.05) is 39.0 Å². The van der Waals surface area contributed by atoms with Crippen molar-refractivity contribution in [2.75, 3.05) is 4.90 Å². The number of aromatic nitrogens is 2. The predicted molar refractivity (Wildman–Crippen MR) is 100 cm³/mol. The molecule has 1 aliphatic rings. The quantitative estimate of drug-likeness (QED) is 0.711. The van der Waals surface area contributed by atoms with E-state index in [0.717, 1.165) is 27.4 Å². The first kappa shape index (κ1) is 16.0. The van der Waals surface area contributed by atoms with Crippen molar-refractivity contribution < 1.29 is 4.79 Å². The third kappa shape index (κ3) is 2.48. The van der Waals surface area contributed by atoms with Gasteiger partial charge < -0.3 is 4.90 Å². The van der Waals surface area contributed by atoms with Gasteiger partial charge in [0.2, 0.25) is 5.91 Å².